The monoisotopic (exact) mass is 372 g/mol. The van der Waals surface area contributed by atoms with Gasteiger partial charge in [0.1, 0.15) is 6.54 Å². The first-order valence-electron chi connectivity index (χ1n) is 7.33. The topological polar surface area (TPSA) is 67.7 Å². The maximum absolute atomic E-state index is 12.4. The summed E-state index contributed by atoms with van der Waals surface area (Å²) in [5.41, 5.74) is 1.81. The predicted octanol–water partition coefficient (Wildman–Crippen LogP) is 1.56. The normalized spacial score (nSPS) is 15.1. The Hall–Kier alpha value is -1.57. The van der Waals surface area contributed by atoms with Crippen molar-refractivity contribution in [3.05, 3.63) is 15.9 Å². The fourth-order valence-electron chi connectivity index (χ4n) is 2.41. The average Bonchev–Trinajstić information content (AvgIpc) is 2.75. The van der Waals surface area contributed by atoms with Crippen LogP contribution in [0.25, 0.3) is 0 Å². The van der Waals surface area contributed by atoms with Crippen molar-refractivity contribution in [1.82, 2.24) is 19.6 Å². The number of amides is 2. The molecule has 1 saturated heterocycles. The third kappa shape index (κ3) is 3.60. The fraction of sp³-hybridized carbons (Fsp3) is 0.643. The van der Waals surface area contributed by atoms with Gasteiger partial charge in [-0.2, -0.15) is 5.10 Å². The lowest BCUT2D eigenvalue weighted by atomic mass is 10.3. The van der Waals surface area contributed by atoms with E-state index in [0.29, 0.717) is 32.8 Å². The number of rotatable bonds is 3. The summed E-state index contributed by atoms with van der Waals surface area (Å²) in [5.74, 6) is 0.0154. The van der Waals surface area contributed by atoms with E-state index < -0.39 is 0 Å². The van der Waals surface area contributed by atoms with Crippen molar-refractivity contribution in [1.29, 1.82) is 0 Å². The highest BCUT2D eigenvalue weighted by Gasteiger charge is 2.25. The van der Waals surface area contributed by atoms with Crippen LogP contribution in [0.5, 0.6) is 0 Å². The molecule has 1 aromatic heterocycles. The molecule has 1 aliphatic rings. The first-order valence-corrected chi connectivity index (χ1v) is 8.12. The SMILES string of the molecule is CCOC(=O)N1CCN(C(=O)Cn2nc(C)c(Br)c2C)CC1. The molecule has 0 atom stereocenters. The van der Waals surface area contributed by atoms with Crippen LogP contribution in [0.3, 0.4) is 0 Å². The molecule has 1 aromatic rings. The highest BCUT2D eigenvalue weighted by Crippen LogP contribution is 2.19. The fourth-order valence-corrected chi connectivity index (χ4v) is 2.69. The highest BCUT2D eigenvalue weighted by atomic mass is 79.9. The van der Waals surface area contributed by atoms with Gasteiger partial charge in [-0.05, 0) is 36.7 Å². The van der Waals surface area contributed by atoms with Gasteiger partial charge >= 0.3 is 6.09 Å². The molecule has 0 N–H and O–H groups in total. The molecule has 122 valence electrons. The maximum Gasteiger partial charge on any atom is 0.409 e. The average molecular weight is 373 g/mol. The lowest BCUT2D eigenvalue weighted by molar-refractivity contribution is -0.133. The van der Waals surface area contributed by atoms with Gasteiger partial charge in [-0.25, -0.2) is 4.79 Å². The zero-order valence-electron chi connectivity index (χ0n) is 13.1. The molecule has 0 aliphatic carbocycles. The molecular formula is C14H21BrN4O3. The van der Waals surface area contributed by atoms with Crippen LogP contribution >= 0.6 is 15.9 Å². The van der Waals surface area contributed by atoms with Crippen molar-refractivity contribution >= 4 is 27.9 Å². The van der Waals surface area contributed by atoms with E-state index in [2.05, 4.69) is 21.0 Å². The second-order valence-electron chi connectivity index (χ2n) is 5.21. The minimum Gasteiger partial charge on any atom is -0.450 e. The molecule has 2 heterocycles. The number of aryl methyl sites for hydroxylation is 1. The number of carbonyl (C=O) groups excluding carboxylic acids is 2. The Kier molecular flexibility index (Phi) is 5.44. The summed E-state index contributed by atoms with van der Waals surface area (Å²) < 4.78 is 7.61. The van der Waals surface area contributed by atoms with E-state index in [1.807, 2.05) is 13.8 Å². The Morgan fingerprint density at radius 3 is 2.27 bits per heavy atom. The molecule has 7 nitrogen and oxygen atoms in total. The third-order valence-electron chi connectivity index (χ3n) is 3.74. The number of piperazine rings is 1. The molecule has 8 heteroatoms. The number of ether oxygens (including phenoxy) is 1. The standard InChI is InChI=1S/C14H21BrN4O3/c1-4-22-14(21)18-7-5-17(6-8-18)12(20)9-19-11(3)13(15)10(2)16-19/h4-9H2,1-3H3. The third-order valence-corrected chi connectivity index (χ3v) is 4.88. The molecule has 0 unspecified atom stereocenters. The van der Waals surface area contributed by atoms with E-state index in [9.17, 15) is 9.59 Å². The minimum atomic E-state index is -0.308. The summed E-state index contributed by atoms with van der Waals surface area (Å²) in [5, 5.41) is 4.35. The van der Waals surface area contributed by atoms with E-state index in [4.69, 9.17) is 4.74 Å². The van der Waals surface area contributed by atoms with Gasteiger partial charge in [-0.1, -0.05) is 0 Å². The zero-order valence-corrected chi connectivity index (χ0v) is 14.7. The summed E-state index contributed by atoms with van der Waals surface area (Å²) >= 11 is 3.46. The predicted molar refractivity (Wildman–Crippen MR) is 84.6 cm³/mol. The molecule has 1 aliphatic heterocycles. The molecule has 2 amide bonds. The van der Waals surface area contributed by atoms with E-state index in [-0.39, 0.29) is 18.5 Å². The van der Waals surface area contributed by atoms with Crippen molar-refractivity contribution in [2.45, 2.75) is 27.3 Å². The van der Waals surface area contributed by atoms with Gasteiger partial charge in [0.2, 0.25) is 5.91 Å². The Morgan fingerprint density at radius 1 is 1.18 bits per heavy atom. The molecule has 1 fully saturated rings. The highest BCUT2D eigenvalue weighted by molar-refractivity contribution is 9.10. The molecule has 0 saturated carbocycles. The van der Waals surface area contributed by atoms with Crippen LogP contribution in [0.4, 0.5) is 4.79 Å². The van der Waals surface area contributed by atoms with Crippen LogP contribution in [0, 0.1) is 13.8 Å². The van der Waals surface area contributed by atoms with Crippen molar-refractivity contribution in [3.63, 3.8) is 0 Å². The molecule has 0 bridgehead atoms. The largest absolute Gasteiger partial charge is 0.450 e. The van der Waals surface area contributed by atoms with Gasteiger partial charge in [0.25, 0.3) is 0 Å². The first kappa shape index (κ1) is 16.8. The van der Waals surface area contributed by atoms with Crippen LogP contribution in [0.1, 0.15) is 18.3 Å². The van der Waals surface area contributed by atoms with E-state index in [1.54, 1.807) is 21.4 Å². The van der Waals surface area contributed by atoms with Gasteiger partial charge in [0.05, 0.1) is 22.5 Å². The van der Waals surface area contributed by atoms with Crippen LogP contribution in [-0.2, 0) is 16.1 Å². The van der Waals surface area contributed by atoms with Crippen LogP contribution < -0.4 is 0 Å². The first-order chi connectivity index (χ1) is 10.4. The molecular weight excluding hydrogens is 352 g/mol. The molecule has 0 radical (unpaired) electrons. The number of aromatic nitrogens is 2. The van der Waals surface area contributed by atoms with Gasteiger partial charge in [-0.15, -0.1) is 0 Å². The second kappa shape index (κ2) is 7.13. The zero-order chi connectivity index (χ0) is 16.3. The number of hydrogen-bond acceptors (Lipinski definition) is 4. The summed E-state index contributed by atoms with van der Waals surface area (Å²) in [6.45, 7) is 8.26. The van der Waals surface area contributed by atoms with E-state index in [0.717, 1.165) is 15.9 Å². The Balaban J connectivity index is 1.90. The molecule has 22 heavy (non-hydrogen) atoms. The Bertz CT molecular complexity index is 565. The smallest absolute Gasteiger partial charge is 0.409 e. The van der Waals surface area contributed by atoms with Crippen LogP contribution in [0.15, 0.2) is 4.47 Å². The summed E-state index contributed by atoms with van der Waals surface area (Å²) in [6, 6.07) is 0. The lowest BCUT2D eigenvalue weighted by Crippen LogP contribution is -2.51. The number of hydrogen-bond donors (Lipinski definition) is 0. The molecule has 2 rings (SSSR count). The summed E-state index contributed by atoms with van der Waals surface area (Å²) in [6.07, 6.45) is -0.308. The number of nitrogens with zero attached hydrogens (tertiary/aromatic N) is 4. The van der Waals surface area contributed by atoms with E-state index >= 15 is 0 Å². The van der Waals surface area contributed by atoms with Crippen molar-refractivity contribution in [2.24, 2.45) is 0 Å². The molecule has 0 aromatic carbocycles. The maximum atomic E-state index is 12.4. The molecule has 0 spiro atoms. The minimum absolute atomic E-state index is 0.0154. The summed E-state index contributed by atoms with van der Waals surface area (Å²) in [4.78, 5) is 27.4. The van der Waals surface area contributed by atoms with Crippen molar-refractivity contribution in [3.8, 4) is 0 Å². The number of carbonyl (C=O) groups is 2. The van der Waals surface area contributed by atoms with E-state index in [1.165, 1.54) is 0 Å². The Morgan fingerprint density at radius 2 is 1.77 bits per heavy atom. The van der Waals surface area contributed by atoms with Crippen molar-refractivity contribution in [2.75, 3.05) is 32.8 Å². The second-order valence-corrected chi connectivity index (χ2v) is 6.00. The van der Waals surface area contributed by atoms with Crippen LogP contribution in [-0.4, -0.2) is 64.4 Å². The van der Waals surface area contributed by atoms with Gasteiger partial charge < -0.3 is 14.5 Å². The van der Waals surface area contributed by atoms with Gasteiger partial charge in [0.15, 0.2) is 0 Å². The lowest BCUT2D eigenvalue weighted by Gasteiger charge is -2.34. The van der Waals surface area contributed by atoms with Crippen LogP contribution in [0.2, 0.25) is 0 Å². The Labute approximate surface area is 138 Å². The summed E-state index contributed by atoms with van der Waals surface area (Å²) in [7, 11) is 0. The van der Waals surface area contributed by atoms with Crippen molar-refractivity contribution < 1.29 is 14.3 Å². The number of halogens is 1. The van der Waals surface area contributed by atoms with Gasteiger partial charge in [-0.3, -0.25) is 9.48 Å². The quantitative estimate of drug-likeness (QED) is 0.807. The van der Waals surface area contributed by atoms with Gasteiger partial charge in [0, 0.05) is 26.2 Å².